The second-order valence-electron chi connectivity index (χ2n) is 5.12. The number of nitrogens with one attached hydrogen (secondary N) is 1. The van der Waals surface area contributed by atoms with Crippen LogP contribution in [0.5, 0.6) is 0 Å². The number of amides is 1. The third-order valence-electron chi connectivity index (χ3n) is 3.46. The molecule has 2 aromatic carbocycles. The molecule has 0 bridgehead atoms. The van der Waals surface area contributed by atoms with Gasteiger partial charge in [-0.1, -0.05) is 55.8 Å². The minimum atomic E-state index is -0.378. The Hall–Kier alpha value is -1.58. The molecule has 0 aliphatic carbocycles. The molecular weight excluding hydrogens is 284 g/mol. The van der Waals surface area contributed by atoms with E-state index in [0.717, 1.165) is 19.3 Å². The van der Waals surface area contributed by atoms with Gasteiger partial charge in [-0.2, -0.15) is 0 Å². The molecule has 0 aliphatic rings. The third-order valence-corrected chi connectivity index (χ3v) is 3.46. The van der Waals surface area contributed by atoms with Crippen LogP contribution in [0.4, 0.5) is 0 Å². The first-order chi connectivity index (χ1) is 9.70. The lowest BCUT2D eigenvalue weighted by Crippen LogP contribution is -2.41. The van der Waals surface area contributed by atoms with Gasteiger partial charge in [-0.05, 0) is 29.2 Å². The SMILES string of the molecule is CCCC(N)C(=O)NCCc1ccc2ccccc2c1.Cl. The van der Waals surface area contributed by atoms with Crippen molar-refractivity contribution >= 4 is 29.1 Å². The maximum Gasteiger partial charge on any atom is 0.236 e. The molecule has 2 rings (SSSR count). The van der Waals surface area contributed by atoms with Crippen molar-refractivity contribution in [2.24, 2.45) is 5.73 Å². The van der Waals surface area contributed by atoms with Gasteiger partial charge in [0, 0.05) is 6.54 Å². The van der Waals surface area contributed by atoms with Crippen molar-refractivity contribution < 1.29 is 4.79 Å². The van der Waals surface area contributed by atoms with Gasteiger partial charge in [-0.25, -0.2) is 0 Å². The van der Waals surface area contributed by atoms with Crippen LogP contribution in [0.1, 0.15) is 25.3 Å². The van der Waals surface area contributed by atoms with Crippen LogP contribution in [0.15, 0.2) is 42.5 Å². The summed E-state index contributed by atoms with van der Waals surface area (Å²) >= 11 is 0. The Labute approximate surface area is 132 Å². The van der Waals surface area contributed by atoms with E-state index < -0.39 is 0 Å². The molecule has 1 amide bonds. The van der Waals surface area contributed by atoms with Crippen molar-refractivity contribution in [1.82, 2.24) is 5.32 Å². The van der Waals surface area contributed by atoms with Gasteiger partial charge in [0.2, 0.25) is 5.91 Å². The largest absolute Gasteiger partial charge is 0.354 e. The molecule has 3 nitrogen and oxygen atoms in total. The minimum Gasteiger partial charge on any atom is -0.354 e. The summed E-state index contributed by atoms with van der Waals surface area (Å²) in [5.74, 6) is -0.0485. The van der Waals surface area contributed by atoms with Gasteiger partial charge in [0.15, 0.2) is 0 Å². The van der Waals surface area contributed by atoms with E-state index in [4.69, 9.17) is 5.73 Å². The molecule has 0 saturated heterocycles. The summed E-state index contributed by atoms with van der Waals surface area (Å²) in [6, 6.07) is 14.3. The highest BCUT2D eigenvalue weighted by atomic mass is 35.5. The highest BCUT2D eigenvalue weighted by molar-refractivity contribution is 5.85. The summed E-state index contributed by atoms with van der Waals surface area (Å²) < 4.78 is 0. The Kier molecular flexibility index (Phi) is 7.20. The summed E-state index contributed by atoms with van der Waals surface area (Å²) in [6.07, 6.45) is 2.50. The number of hydrogen-bond donors (Lipinski definition) is 2. The quantitative estimate of drug-likeness (QED) is 0.862. The van der Waals surface area contributed by atoms with Gasteiger partial charge >= 0.3 is 0 Å². The maximum absolute atomic E-state index is 11.7. The highest BCUT2D eigenvalue weighted by Gasteiger charge is 2.10. The fourth-order valence-corrected chi connectivity index (χ4v) is 2.30. The van der Waals surface area contributed by atoms with Crippen LogP contribution in [0.3, 0.4) is 0 Å². The Morgan fingerprint density at radius 1 is 1.19 bits per heavy atom. The molecule has 0 aliphatic heterocycles. The third kappa shape index (κ3) is 5.03. The van der Waals surface area contributed by atoms with Gasteiger partial charge in [-0.15, -0.1) is 12.4 Å². The highest BCUT2D eigenvalue weighted by Crippen LogP contribution is 2.15. The first-order valence-electron chi connectivity index (χ1n) is 7.21. The van der Waals surface area contributed by atoms with Crippen molar-refractivity contribution in [3.63, 3.8) is 0 Å². The van der Waals surface area contributed by atoms with Crippen LogP contribution < -0.4 is 11.1 Å². The number of hydrogen-bond acceptors (Lipinski definition) is 2. The van der Waals surface area contributed by atoms with E-state index in [-0.39, 0.29) is 24.4 Å². The number of rotatable bonds is 6. The smallest absolute Gasteiger partial charge is 0.236 e. The van der Waals surface area contributed by atoms with E-state index in [9.17, 15) is 4.79 Å². The zero-order chi connectivity index (χ0) is 14.4. The van der Waals surface area contributed by atoms with Crippen LogP contribution in [-0.4, -0.2) is 18.5 Å². The Balaban J connectivity index is 0.00000220. The van der Waals surface area contributed by atoms with Crippen LogP contribution in [0.2, 0.25) is 0 Å². The molecule has 21 heavy (non-hydrogen) atoms. The Morgan fingerprint density at radius 3 is 2.62 bits per heavy atom. The van der Waals surface area contributed by atoms with Gasteiger partial charge in [0.05, 0.1) is 6.04 Å². The number of benzene rings is 2. The fourth-order valence-electron chi connectivity index (χ4n) is 2.30. The summed E-state index contributed by atoms with van der Waals surface area (Å²) in [6.45, 7) is 2.66. The lowest BCUT2D eigenvalue weighted by atomic mass is 10.1. The van der Waals surface area contributed by atoms with Crippen LogP contribution in [0, 0.1) is 0 Å². The number of halogens is 1. The topological polar surface area (TPSA) is 55.1 Å². The molecular formula is C17H23ClN2O. The zero-order valence-corrected chi connectivity index (χ0v) is 13.2. The summed E-state index contributed by atoms with van der Waals surface area (Å²) in [5, 5.41) is 5.38. The first-order valence-corrected chi connectivity index (χ1v) is 7.21. The molecule has 2 aromatic rings. The van der Waals surface area contributed by atoms with E-state index in [1.54, 1.807) is 0 Å². The Morgan fingerprint density at radius 2 is 1.90 bits per heavy atom. The van der Waals surface area contributed by atoms with Gasteiger partial charge in [0.1, 0.15) is 0 Å². The van der Waals surface area contributed by atoms with Crippen molar-refractivity contribution in [2.45, 2.75) is 32.2 Å². The number of carbonyl (C=O) groups excluding carboxylic acids is 1. The lowest BCUT2D eigenvalue weighted by Gasteiger charge is -2.11. The second kappa shape index (κ2) is 8.65. The molecule has 1 unspecified atom stereocenters. The maximum atomic E-state index is 11.7. The van der Waals surface area contributed by atoms with Gasteiger partial charge < -0.3 is 11.1 Å². The second-order valence-corrected chi connectivity index (χ2v) is 5.12. The van der Waals surface area contributed by atoms with Crippen molar-refractivity contribution in [1.29, 1.82) is 0 Å². The molecule has 0 saturated carbocycles. The van der Waals surface area contributed by atoms with Crippen LogP contribution >= 0.6 is 12.4 Å². The standard InChI is InChI=1S/C17H22N2O.ClH/c1-2-5-16(18)17(20)19-11-10-13-8-9-14-6-3-4-7-15(14)12-13;/h3-4,6-9,12,16H,2,5,10-11,18H2,1H3,(H,19,20);1H. The van der Waals surface area contributed by atoms with Crippen molar-refractivity contribution in [2.75, 3.05) is 6.54 Å². The summed E-state index contributed by atoms with van der Waals surface area (Å²) in [4.78, 5) is 11.7. The summed E-state index contributed by atoms with van der Waals surface area (Å²) in [7, 11) is 0. The lowest BCUT2D eigenvalue weighted by molar-refractivity contribution is -0.122. The number of fused-ring (bicyclic) bond motifs is 1. The number of carbonyl (C=O) groups is 1. The predicted molar refractivity (Wildman–Crippen MR) is 90.8 cm³/mol. The monoisotopic (exact) mass is 306 g/mol. The van der Waals surface area contributed by atoms with Gasteiger partial charge in [0.25, 0.3) is 0 Å². The predicted octanol–water partition coefficient (Wildman–Crippen LogP) is 3.05. The minimum absolute atomic E-state index is 0. The average molecular weight is 307 g/mol. The van der Waals surface area contributed by atoms with E-state index in [1.165, 1.54) is 16.3 Å². The molecule has 1 atom stereocenters. The molecule has 0 fully saturated rings. The molecule has 0 radical (unpaired) electrons. The summed E-state index contributed by atoms with van der Waals surface area (Å²) in [5.41, 5.74) is 7.00. The normalized spacial score (nSPS) is 11.7. The first kappa shape index (κ1) is 17.5. The van der Waals surface area contributed by atoms with E-state index in [2.05, 4.69) is 35.6 Å². The van der Waals surface area contributed by atoms with Crippen molar-refractivity contribution in [3.05, 3.63) is 48.0 Å². The van der Waals surface area contributed by atoms with Crippen LogP contribution in [0.25, 0.3) is 10.8 Å². The van der Waals surface area contributed by atoms with E-state index >= 15 is 0 Å². The van der Waals surface area contributed by atoms with Crippen molar-refractivity contribution in [3.8, 4) is 0 Å². The van der Waals surface area contributed by atoms with E-state index in [1.807, 2.05) is 19.1 Å². The Bertz CT molecular complexity index is 586. The molecule has 0 spiro atoms. The van der Waals surface area contributed by atoms with E-state index in [0.29, 0.717) is 6.54 Å². The fraction of sp³-hybridized carbons (Fsp3) is 0.353. The van der Waals surface area contributed by atoms with Gasteiger partial charge in [-0.3, -0.25) is 4.79 Å². The van der Waals surface area contributed by atoms with Crippen LogP contribution in [-0.2, 0) is 11.2 Å². The zero-order valence-electron chi connectivity index (χ0n) is 12.3. The molecule has 0 aromatic heterocycles. The molecule has 3 N–H and O–H groups in total. The average Bonchev–Trinajstić information content (AvgIpc) is 2.47. The number of nitrogens with two attached hydrogens (primary N) is 1. The molecule has 0 heterocycles. The molecule has 4 heteroatoms. The molecule has 114 valence electrons.